The van der Waals surface area contributed by atoms with E-state index in [9.17, 15) is 0 Å². The van der Waals surface area contributed by atoms with Gasteiger partial charge in [0.15, 0.2) is 0 Å². The van der Waals surface area contributed by atoms with Crippen molar-refractivity contribution in [2.75, 3.05) is 13.1 Å². The SMILES string of the molecule is CCCCCCCCCC[N+](CCCCCCCCCC)(Cc1ccccc1)Cc1ccccc1.[Cl-]. The van der Waals surface area contributed by atoms with Crippen LogP contribution < -0.4 is 12.4 Å². The van der Waals surface area contributed by atoms with Crippen LogP contribution >= 0.6 is 0 Å². The largest absolute Gasteiger partial charge is 1.00 e. The van der Waals surface area contributed by atoms with Crippen LogP contribution in [0.3, 0.4) is 0 Å². The molecule has 36 heavy (non-hydrogen) atoms. The Morgan fingerprint density at radius 1 is 0.417 bits per heavy atom. The molecule has 0 N–H and O–H groups in total. The molecule has 2 aromatic carbocycles. The second-order valence-corrected chi connectivity index (χ2v) is 11.0. The van der Waals surface area contributed by atoms with Crippen molar-refractivity contribution in [3.05, 3.63) is 71.8 Å². The zero-order chi connectivity index (χ0) is 24.9. The Kier molecular flexibility index (Phi) is 19.8. The average molecular weight is 514 g/mol. The van der Waals surface area contributed by atoms with Crippen LogP contribution in [0.5, 0.6) is 0 Å². The third-order valence-corrected chi connectivity index (χ3v) is 7.69. The number of rotatable bonds is 22. The molecule has 0 fully saturated rings. The number of nitrogens with zero attached hydrogens (tertiary/aromatic N) is 1. The van der Waals surface area contributed by atoms with E-state index in [0.29, 0.717) is 0 Å². The van der Waals surface area contributed by atoms with Gasteiger partial charge in [0.05, 0.1) is 13.1 Å². The summed E-state index contributed by atoms with van der Waals surface area (Å²) in [5.74, 6) is 0. The van der Waals surface area contributed by atoms with Crippen molar-refractivity contribution >= 4 is 0 Å². The minimum absolute atomic E-state index is 0. The third kappa shape index (κ3) is 15.1. The zero-order valence-electron chi connectivity index (χ0n) is 23.7. The molecule has 0 aliphatic heterocycles. The van der Waals surface area contributed by atoms with Gasteiger partial charge in [-0.25, -0.2) is 0 Å². The maximum atomic E-state index is 2.35. The van der Waals surface area contributed by atoms with Gasteiger partial charge in [0.25, 0.3) is 0 Å². The molecule has 2 heteroatoms. The number of hydrogen-bond donors (Lipinski definition) is 0. The van der Waals surface area contributed by atoms with Crippen LogP contribution in [-0.4, -0.2) is 17.6 Å². The Morgan fingerprint density at radius 2 is 0.722 bits per heavy atom. The maximum Gasteiger partial charge on any atom is 0.105 e. The molecule has 0 aliphatic rings. The van der Waals surface area contributed by atoms with Gasteiger partial charge in [0.2, 0.25) is 0 Å². The van der Waals surface area contributed by atoms with Crippen molar-refractivity contribution in [2.45, 2.75) is 130 Å². The van der Waals surface area contributed by atoms with E-state index in [1.165, 1.54) is 145 Å². The first kappa shape index (κ1) is 32.7. The lowest BCUT2D eigenvalue weighted by Crippen LogP contribution is -3.00. The zero-order valence-corrected chi connectivity index (χ0v) is 24.5. The summed E-state index contributed by atoms with van der Waals surface area (Å²) >= 11 is 0. The van der Waals surface area contributed by atoms with Gasteiger partial charge in [-0.3, -0.25) is 0 Å². The first-order valence-corrected chi connectivity index (χ1v) is 15.2. The third-order valence-electron chi connectivity index (χ3n) is 7.69. The number of halogens is 1. The van der Waals surface area contributed by atoms with Crippen LogP contribution in [0.2, 0.25) is 0 Å². The lowest BCUT2D eigenvalue weighted by molar-refractivity contribution is -0.954. The number of quaternary nitrogens is 1. The predicted octanol–water partition coefficient (Wildman–Crippen LogP) is 7.49. The fourth-order valence-electron chi connectivity index (χ4n) is 5.59. The van der Waals surface area contributed by atoms with Gasteiger partial charge < -0.3 is 16.9 Å². The Bertz CT molecular complexity index is 651. The molecule has 0 radical (unpaired) electrons. The van der Waals surface area contributed by atoms with Crippen molar-refractivity contribution in [1.82, 2.24) is 0 Å². The van der Waals surface area contributed by atoms with Gasteiger partial charge in [0.1, 0.15) is 13.1 Å². The molecule has 0 aliphatic carbocycles. The monoisotopic (exact) mass is 513 g/mol. The molecule has 0 atom stereocenters. The fourth-order valence-corrected chi connectivity index (χ4v) is 5.59. The van der Waals surface area contributed by atoms with E-state index in [4.69, 9.17) is 0 Å². The standard InChI is InChI=1S/C34H56N.ClH/c1-3-5-7-9-11-13-15-23-29-35(31-33-25-19-17-20-26-33,32-34-27-21-18-22-28-34)30-24-16-14-12-10-8-6-4-2;/h17-22,25-28H,3-16,23-24,29-32H2,1-2H3;1H/q+1;/p-1. The van der Waals surface area contributed by atoms with Crippen molar-refractivity contribution < 1.29 is 16.9 Å². The second kappa shape index (κ2) is 21.7. The van der Waals surface area contributed by atoms with E-state index in [2.05, 4.69) is 74.5 Å². The number of hydrogen-bond acceptors (Lipinski definition) is 0. The van der Waals surface area contributed by atoms with Crippen LogP contribution in [0.1, 0.15) is 128 Å². The first-order valence-electron chi connectivity index (χ1n) is 15.2. The lowest BCUT2D eigenvalue weighted by Gasteiger charge is -2.39. The molecule has 204 valence electrons. The molecule has 0 aromatic heterocycles. The molecule has 0 spiro atoms. The molecule has 2 rings (SSSR count). The van der Waals surface area contributed by atoms with Gasteiger partial charge in [-0.05, 0) is 25.7 Å². The van der Waals surface area contributed by atoms with E-state index in [-0.39, 0.29) is 12.4 Å². The van der Waals surface area contributed by atoms with Gasteiger partial charge >= 0.3 is 0 Å². The van der Waals surface area contributed by atoms with Gasteiger partial charge in [-0.2, -0.15) is 0 Å². The minimum Gasteiger partial charge on any atom is -1.00 e. The van der Waals surface area contributed by atoms with Crippen LogP contribution in [0, 0.1) is 0 Å². The van der Waals surface area contributed by atoms with Crippen LogP contribution in [0.25, 0.3) is 0 Å². The molecule has 0 saturated carbocycles. The molecule has 0 heterocycles. The van der Waals surface area contributed by atoms with Gasteiger partial charge in [-0.15, -0.1) is 0 Å². The fraction of sp³-hybridized carbons (Fsp3) is 0.647. The van der Waals surface area contributed by atoms with E-state index in [1.54, 1.807) is 0 Å². The Morgan fingerprint density at radius 3 is 1.06 bits per heavy atom. The molecular weight excluding hydrogens is 458 g/mol. The lowest BCUT2D eigenvalue weighted by atomic mass is 10.0. The van der Waals surface area contributed by atoms with Crippen molar-refractivity contribution in [3.8, 4) is 0 Å². The van der Waals surface area contributed by atoms with Crippen molar-refractivity contribution in [3.63, 3.8) is 0 Å². The topological polar surface area (TPSA) is 0 Å². The van der Waals surface area contributed by atoms with Crippen molar-refractivity contribution in [1.29, 1.82) is 0 Å². The molecule has 2 aromatic rings. The van der Waals surface area contributed by atoms with Crippen LogP contribution in [0.4, 0.5) is 0 Å². The highest BCUT2D eigenvalue weighted by Gasteiger charge is 2.27. The number of unbranched alkanes of at least 4 members (excludes halogenated alkanes) is 14. The highest BCUT2D eigenvalue weighted by molar-refractivity contribution is 5.15. The quantitative estimate of drug-likeness (QED) is 0.113. The Labute approximate surface area is 231 Å². The molecule has 0 amide bonds. The van der Waals surface area contributed by atoms with Gasteiger partial charge in [0, 0.05) is 11.1 Å². The van der Waals surface area contributed by atoms with E-state index in [1.807, 2.05) is 0 Å². The summed E-state index contributed by atoms with van der Waals surface area (Å²) in [6.07, 6.45) is 22.4. The first-order chi connectivity index (χ1) is 17.3. The van der Waals surface area contributed by atoms with Gasteiger partial charge in [-0.1, -0.05) is 152 Å². The summed E-state index contributed by atoms with van der Waals surface area (Å²) < 4.78 is 1.22. The second-order valence-electron chi connectivity index (χ2n) is 11.0. The van der Waals surface area contributed by atoms with E-state index in [0.717, 1.165) is 0 Å². The van der Waals surface area contributed by atoms with E-state index < -0.39 is 0 Å². The predicted molar refractivity (Wildman–Crippen MR) is 156 cm³/mol. The Balaban J connectivity index is 0.00000648. The molecule has 1 nitrogen and oxygen atoms in total. The molecule has 0 saturated heterocycles. The summed E-state index contributed by atoms with van der Waals surface area (Å²) in [4.78, 5) is 0. The summed E-state index contributed by atoms with van der Waals surface area (Å²) in [7, 11) is 0. The number of benzene rings is 2. The summed E-state index contributed by atoms with van der Waals surface area (Å²) in [6, 6.07) is 22.6. The maximum absolute atomic E-state index is 2.35. The summed E-state index contributed by atoms with van der Waals surface area (Å²) in [5, 5.41) is 0. The Hall–Kier alpha value is -1.31. The summed E-state index contributed by atoms with van der Waals surface area (Å²) in [5.41, 5.74) is 3.00. The molecular formula is C34H56ClN. The smallest absolute Gasteiger partial charge is 0.105 e. The van der Waals surface area contributed by atoms with Crippen LogP contribution in [0.15, 0.2) is 60.7 Å². The normalized spacial score (nSPS) is 11.4. The van der Waals surface area contributed by atoms with Crippen molar-refractivity contribution in [2.24, 2.45) is 0 Å². The molecule has 0 bridgehead atoms. The average Bonchev–Trinajstić information content (AvgIpc) is 2.88. The minimum atomic E-state index is 0. The summed E-state index contributed by atoms with van der Waals surface area (Å²) in [6.45, 7) is 9.59. The highest BCUT2D eigenvalue weighted by Crippen LogP contribution is 2.24. The molecule has 0 unspecified atom stereocenters. The highest BCUT2D eigenvalue weighted by atomic mass is 35.5. The van der Waals surface area contributed by atoms with E-state index >= 15 is 0 Å². The van der Waals surface area contributed by atoms with Crippen LogP contribution in [-0.2, 0) is 13.1 Å².